The molecule has 1 aliphatic rings. The molecule has 0 bridgehead atoms. The molecule has 200 valence electrons. The summed E-state index contributed by atoms with van der Waals surface area (Å²) >= 11 is 0. The van der Waals surface area contributed by atoms with Crippen LogP contribution in [0.5, 0.6) is 0 Å². The van der Waals surface area contributed by atoms with E-state index < -0.39 is 23.3 Å². The predicted molar refractivity (Wildman–Crippen MR) is 136 cm³/mol. The van der Waals surface area contributed by atoms with E-state index in [-0.39, 0.29) is 24.6 Å². The number of aromatic nitrogens is 2. The zero-order chi connectivity index (χ0) is 27.2. The largest absolute Gasteiger partial charge is 0.462 e. The molecule has 3 heterocycles. The van der Waals surface area contributed by atoms with Crippen molar-refractivity contribution >= 4 is 17.5 Å². The summed E-state index contributed by atoms with van der Waals surface area (Å²) in [5.74, 6) is -1.01. The van der Waals surface area contributed by atoms with E-state index in [1.54, 1.807) is 12.4 Å². The van der Waals surface area contributed by atoms with Crippen molar-refractivity contribution in [2.75, 3.05) is 25.5 Å². The minimum atomic E-state index is -4.73. The Bertz CT molecular complexity index is 1150. The van der Waals surface area contributed by atoms with Crippen molar-refractivity contribution < 1.29 is 22.7 Å². The number of pyridine rings is 2. The summed E-state index contributed by atoms with van der Waals surface area (Å²) < 4.78 is 46.0. The van der Waals surface area contributed by atoms with Crippen LogP contribution >= 0.6 is 0 Å². The van der Waals surface area contributed by atoms with Gasteiger partial charge in [0, 0.05) is 43.8 Å². The summed E-state index contributed by atoms with van der Waals surface area (Å²) in [4.78, 5) is 20.3. The van der Waals surface area contributed by atoms with E-state index in [9.17, 15) is 18.0 Å². The highest BCUT2D eigenvalue weighted by Crippen LogP contribution is 2.33. The second-order valence-electron chi connectivity index (χ2n) is 9.02. The number of nitrogens with zero attached hydrogens (tertiary/aromatic N) is 4. The first kappa shape index (κ1) is 28.1. The first-order chi connectivity index (χ1) is 17.5. The number of unbranched alkanes of at least 4 members (excludes halogenated alkanes) is 1. The van der Waals surface area contributed by atoms with Crippen molar-refractivity contribution in [1.82, 2.24) is 20.3 Å². The van der Waals surface area contributed by atoms with E-state index >= 15 is 0 Å². The highest BCUT2D eigenvalue weighted by molar-refractivity contribution is 6.13. The maximum Gasteiger partial charge on any atom is 0.417 e. The molecular weight excluding hydrogens is 485 g/mol. The molecule has 2 aromatic heterocycles. The molecule has 0 fully saturated rings. The van der Waals surface area contributed by atoms with Gasteiger partial charge in [0.05, 0.1) is 23.4 Å². The van der Waals surface area contributed by atoms with E-state index in [2.05, 4.69) is 20.6 Å². The average molecular weight is 519 g/mol. The average Bonchev–Trinajstić information content (AvgIpc) is 2.86. The number of esters is 1. The number of hydrazone groups is 1. The predicted octanol–water partition coefficient (Wildman–Crippen LogP) is 4.85. The minimum absolute atomic E-state index is 0.0187. The third-order valence-corrected chi connectivity index (χ3v) is 6.11. The molecule has 0 aromatic carbocycles. The summed E-state index contributed by atoms with van der Waals surface area (Å²) in [5.41, 5.74) is 2.29. The number of halogens is 3. The zero-order valence-electron chi connectivity index (χ0n) is 21.7. The van der Waals surface area contributed by atoms with Crippen LogP contribution in [0.1, 0.15) is 62.0 Å². The first-order valence-corrected chi connectivity index (χ1v) is 12.2. The van der Waals surface area contributed by atoms with Gasteiger partial charge in [-0.15, -0.1) is 0 Å². The quantitative estimate of drug-likeness (QED) is 0.343. The van der Waals surface area contributed by atoms with Crippen LogP contribution in [0.2, 0.25) is 0 Å². The van der Waals surface area contributed by atoms with Crippen molar-refractivity contribution in [3.63, 3.8) is 0 Å². The number of allylic oxidation sites excluding steroid dienone is 1. The molecule has 0 aliphatic carbocycles. The number of carbonyl (C=O) groups is 1. The SMILES string of the molecule is CCCCOC(=O)c1cnc(N[C@H](C)CNC2C(C)=C(C)C(c3ccncc3)=NN2C)cc1C(F)(F)F. The van der Waals surface area contributed by atoms with Gasteiger partial charge in [0.1, 0.15) is 12.0 Å². The first-order valence-electron chi connectivity index (χ1n) is 12.2. The summed E-state index contributed by atoms with van der Waals surface area (Å²) in [6.45, 7) is 8.23. The van der Waals surface area contributed by atoms with Gasteiger partial charge in [0.2, 0.25) is 0 Å². The van der Waals surface area contributed by atoms with Gasteiger partial charge in [-0.2, -0.15) is 18.3 Å². The smallest absolute Gasteiger partial charge is 0.417 e. The molecule has 2 aromatic rings. The van der Waals surface area contributed by atoms with Gasteiger partial charge in [-0.25, -0.2) is 9.78 Å². The number of rotatable bonds is 10. The Morgan fingerprint density at radius 2 is 1.95 bits per heavy atom. The normalized spacial score (nSPS) is 16.9. The number of likely N-dealkylation sites (N-methyl/N-ethyl adjacent to an activating group) is 1. The molecular formula is C26H33F3N6O2. The van der Waals surface area contributed by atoms with E-state index in [1.807, 2.05) is 51.9 Å². The van der Waals surface area contributed by atoms with E-state index in [4.69, 9.17) is 9.84 Å². The number of ether oxygens (including phenoxy) is 1. The van der Waals surface area contributed by atoms with E-state index in [0.717, 1.165) is 41.1 Å². The molecule has 0 saturated heterocycles. The van der Waals surface area contributed by atoms with Gasteiger partial charge in [-0.1, -0.05) is 13.3 Å². The Balaban J connectivity index is 1.67. The molecule has 0 radical (unpaired) electrons. The summed E-state index contributed by atoms with van der Waals surface area (Å²) in [6.07, 6.45) is 0.779. The highest BCUT2D eigenvalue weighted by Gasteiger charge is 2.36. The van der Waals surface area contributed by atoms with Gasteiger partial charge < -0.3 is 10.1 Å². The zero-order valence-corrected chi connectivity index (χ0v) is 21.7. The number of nitrogens with one attached hydrogen (secondary N) is 2. The van der Waals surface area contributed by atoms with Gasteiger partial charge in [-0.3, -0.25) is 15.3 Å². The van der Waals surface area contributed by atoms with Gasteiger partial charge in [0.15, 0.2) is 0 Å². The van der Waals surface area contributed by atoms with Crippen LogP contribution in [0.3, 0.4) is 0 Å². The van der Waals surface area contributed by atoms with Crippen LogP contribution in [0, 0.1) is 0 Å². The Hall–Kier alpha value is -3.47. The highest BCUT2D eigenvalue weighted by atomic mass is 19.4. The van der Waals surface area contributed by atoms with Crippen molar-refractivity contribution in [3.05, 3.63) is 64.6 Å². The van der Waals surface area contributed by atoms with Gasteiger partial charge >= 0.3 is 12.1 Å². The Labute approximate surface area is 215 Å². The maximum absolute atomic E-state index is 13.7. The molecule has 2 atom stereocenters. The Morgan fingerprint density at radius 1 is 1.24 bits per heavy atom. The fourth-order valence-corrected chi connectivity index (χ4v) is 3.94. The number of alkyl halides is 3. The lowest BCUT2D eigenvalue weighted by Gasteiger charge is -2.34. The van der Waals surface area contributed by atoms with Crippen LogP contribution in [0.4, 0.5) is 19.0 Å². The number of hydrogen-bond acceptors (Lipinski definition) is 8. The lowest BCUT2D eigenvalue weighted by Crippen LogP contribution is -2.48. The Morgan fingerprint density at radius 3 is 2.59 bits per heavy atom. The summed E-state index contributed by atoms with van der Waals surface area (Å²) in [7, 11) is 1.86. The summed E-state index contributed by atoms with van der Waals surface area (Å²) in [5, 5.41) is 12.9. The summed E-state index contributed by atoms with van der Waals surface area (Å²) in [6, 6.07) is 4.38. The monoisotopic (exact) mass is 518 g/mol. The molecule has 1 aliphatic heterocycles. The van der Waals surface area contributed by atoms with Crippen molar-refractivity contribution in [1.29, 1.82) is 0 Å². The molecule has 0 spiro atoms. The van der Waals surface area contributed by atoms with Crippen molar-refractivity contribution in [2.24, 2.45) is 5.10 Å². The Kier molecular flexibility index (Phi) is 9.25. The van der Waals surface area contributed by atoms with Crippen LogP contribution in [-0.2, 0) is 10.9 Å². The number of hydrogen-bond donors (Lipinski definition) is 2. The molecule has 2 N–H and O–H groups in total. The van der Waals surface area contributed by atoms with Gasteiger partial charge in [0.25, 0.3) is 0 Å². The topological polar surface area (TPSA) is 91.7 Å². The molecule has 1 unspecified atom stereocenters. The lowest BCUT2D eigenvalue weighted by molar-refractivity contribution is -0.138. The molecule has 0 saturated carbocycles. The van der Waals surface area contributed by atoms with Crippen LogP contribution in [0.25, 0.3) is 0 Å². The van der Waals surface area contributed by atoms with Gasteiger partial charge in [-0.05, 0) is 56.5 Å². The van der Waals surface area contributed by atoms with E-state index in [0.29, 0.717) is 13.0 Å². The molecule has 8 nitrogen and oxygen atoms in total. The molecule has 37 heavy (non-hydrogen) atoms. The third-order valence-electron chi connectivity index (χ3n) is 6.11. The molecule has 3 rings (SSSR count). The fraction of sp³-hybridized carbons (Fsp3) is 0.462. The lowest BCUT2D eigenvalue weighted by atomic mass is 9.97. The van der Waals surface area contributed by atoms with Crippen molar-refractivity contribution in [2.45, 2.75) is 58.9 Å². The maximum atomic E-state index is 13.7. The number of anilines is 1. The number of carbonyl (C=O) groups excluding carboxylic acids is 1. The van der Waals surface area contributed by atoms with Crippen LogP contribution in [-0.4, -0.2) is 59.1 Å². The van der Waals surface area contributed by atoms with Crippen LogP contribution in [0.15, 0.2) is 53.0 Å². The third kappa shape index (κ3) is 7.06. The fourth-order valence-electron chi connectivity index (χ4n) is 3.94. The van der Waals surface area contributed by atoms with Crippen LogP contribution < -0.4 is 10.6 Å². The molecule has 0 amide bonds. The van der Waals surface area contributed by atoms with E-state index in [1.165, 1.54) is 0 Å². The van der Waals surface area contributed by atoms with Crippen molar-refractivity contribution in [3.8, 4) is 0 Å². The molecule has 11 heteroatoms. The minimum Gasteiger partial charge on any atom is -0.462 e. The second kappa shape index (κ2) is 12.2. The second-order valence-corrected chi connectivity index (χ2v) is 9.02. The standard InChI is InChI=1S/C26H33F3N6O2/c1-6-7-12-37-25(36)20-15-31-22(13-21(20)26(27,28)29)33-16(2)14-32-24-18(4)17(3)23(34-35(24)5)19-8-10-30-11-9-19/h8-11,13,15-16,24,32H,6-7,12,14H2,1-5H3,(H,31,33)/t16-,24?/m1/s1.